The van der Waals surface area contributed by atoms with Gasteiger partial charge in [-0.05, 0) is 35.0 Å². The number of methoxy groups -OCH3 is 1. The molecule has 0 unspecified atom stereocenters. The first-order valence-corrected chi connectivity index (χ1v) is 9.33. The predicted octanol–water partition coefficient (Wildman–Crippen LogP) is 3.15. The summed E-state index contributed by atoms with van der Waals surface area (Å²) in [5.74, 6) is -2.76. The number of amidine groups is 1. The third-order valence-corrected chi connectivity index (χ3v) is 4.63. The normalized spacial score (nSPS) is 16.3. The van der Waals surface area contributed by atoms with Crippen molar-refractivity contribution in [1.82, 2.24) is 5.32 Å². The highest BCUT2D eigenvalue weighted by Gasteiger charge is 2.24. The average molecular weight is 431 g/mol. The lowest BCUT2D eigenvalue weighted by Gasteiger charge is -2.06. The van der Waals surface area contributed by atoms with Crippen LogP contribution in [0.1, 0.15) is 11.1 Å². The molecule has 1 N–H and O–H groups in total. The van der Waals surface area contributed by atoms with E-state index in [4.69, 9.17) is 4.74 Å². The van der Waals surface area contributed by atoms with Gasteiger partial charge in [0.05, 0.1) is 18.2 Å². The molecule has 0 spiro atoms. The Morgan fingerprint density at radius 2 is 1.93 bits per heavy atom. The smallest absolute Gasteiger partial charge is 0.331 e. The van der Waals surface area contributed by atoms with Crippen LogP contribution in [0.15, 0.2) is 63.6 Å². The number of carbonyl (C=O) groups is 2. The van der Waals surface area contributed by atoms with Gasteiger partial charge in [0.15, 0.2) is 16.8 Å². The minimum absolute atomic E-state index is 0.168. The van der Waals surface area contributed by atoms with Crippen molar-refractivity contribution < 1.29 is 27.8 Å². The molecule has 3 rings (SSSR count). The van der Waals surface area contributed by atoms with Crippen LogP contribution in [0, 0.1) is 11.6 Å². The first kappa shape index (κ1) is 21.2. The zero-order valence-corrected chi connectivity index (χ0v) is 16.4. The Hall–Kier alpha value is -3.53. The second-order valence-corrected chi connectivity index (χ2v) is 6.87. The molecule has 0 saturated carbocycles. The Labute approximate surface area is 174 Å². The van der Waals surface area contributed by atoms with E-state index in [9.17, 15) is 18.4 Å². The summed E-state index contributed by atoms with van der Waals surface area (Å²) in [6.45, 7) is 0.183. The number of rotatable bonds is 6. The number of nitrogens with one attached hydrogen (secondary N) is 1. The summed E-state index contributed by atoms with van der Waals surface area (Å²) in [6.07, 6.45) is 2.56. The maximum Gasteiger partial charge on any atom is 0.331 e. The molecular weight excluding hydrogens is 416 g/mol. The Bertz CT molecular complexity index is 1050. The fourth-order valence-corrected chi connectivity index (χ4v) is 2.96. The molecule has 30 heavy (non-hydrogen) atoms. The van der Waals surface area contributed by atoms with Crippen LogP contribution in [0.3, 0.4) is 0 Å². The van der Waals surface area contributed by atoms with Gasteiger partial charge >= 0.3 is 5.97 Å². The number of carbonyl (C=O) groups excluding carboxylic acids is 2. The van der Waals surface area contributed by atoms with Crippen molar-refractivity contribution in [2.75, 3.05) is 7.11 Å². The number of amides is 1. The maximum atomic E-state index is 13.2. The van der Waals surface area contributed by atoms with Gasteiger partial charge in [-0.15, -0.1) is 5.10 Å². The van der Waals surface area contributed by atoms with Crippen LogP contribution in [0.2, 0.25) is 0 Å². The number of benzene rings is 2. The number of hydrogen-bond acceptors (Lipinski definition) is 7. The maximum absolute atomic E-state index is 13.2. The standard InChI is InChI=1S/C20H15F2N3O4S/c1-28-18(26)9-17-19(27)24-20(30-17)25-23-10-12-2-4-13(5-3-12)11-29-14-6-7-15(21)16(22)8-14/h2-10H,11H2,1H3,(H,24,25,27)/b17-9+,23-10?. The number of ether oxygens (including phenoxy) is 2. The number of hydrogen-bond donors (Lipinski definition) is 1. The molecule has 10 heteroatoms. The first-order valence-electron chi connectivity index (χ1n) is 8.51. The Morgan fingerprint density at radius 1 is 1.17 bits per heavy atom. The molecule has 1 heterocycles. The molecule has 0 bridgehead atoms. The van der Waals surface area contributed by atoms with E-state index in [0.29, 0.717) is 0 Å². The second kappa shape index (κ2) is 9.79. The van der Waals surface area contributed by atoms with Gasteiger partial charge in [0.1, 0.15) is 12.4 Å². The third-order valence-electron chi connectivity index (χ3n) is 3.73. The van der Waals surface area contributed by atoms with E-state index in [1.165, 1.54) is 19.4 Å². The zero-order valence-electron chi connectivity index (χ0n) is 15.6. The van der Waals surface area contributed by atoms with Gasteiger partial charge < -0.3 is 9.47 Å². The fourth-order valence-electron chi connectivity index (χ4n) is 2.22. The largest absolute Gasteiger partial charge is 0.489 e. The minimum Gasteiger partial charge on any atom is -0.489 e. The van der Waals surface area contributed by atoms with Crippen molar-refractivity contribution in [2.45, 2.75) is 6.61 Å². The van der Waals surface area contributed by atoms with Crippen LogP contribution in [-0.2, 0) is 20.9 Å². The molecular formula is C20H15F2N3O4S. The predicted molar refractivity (Wildman–Crippen MR) is 108 cm³/mol. The topological polar surface area (TPSA) is 89.3 Å². The molecule has 2 aromatic carbocycles. The Morgan fingerprint density at radius 3 is 2.63 bits per heavy atom. The van der Waals surface area contributed by atoms with Gasteiger partial charge in [-0.25, -0.2) is 13.6 Å². The SMILES string of the molecule is COC(=O)/C=C1/S/C(=N\N=Cc2ccc(COc3ccc(F)c(F)c3)cc2)NC1=O. The average Bonchev–Trinajstić information content (AvgIpc) is 3.08. The van der Waals surface area contributed by atoms with E-state index in [1.54, 1.807) is 24.3 Å². The third kappa shape index (κ3) is 5.74. The van der Waals surface area contributed by atoms with E-state index < -0.39 is 23.5 Å². The number of nitrogens with zero attached hydrogens (tertiary/aromatic N) is 2. The molecule has 154 valence electrons. The van der Waals surface area contributed by atoms with Crippen molar-refractivity contribution >= 4 is 35.0 Å². The first-order chi connectivity index (χ1) is 14.4. The summed E-state index contributed by atoms with van der Waals surface area (Å²) >= 11 is 0.976. The highest BCUT2D eigenvalue weighted by Crippen LogP contribution is 2.23. The van der Waals surface area contributed by atoms with Crippen LogP contribution >= 0.6 is 11.8 Å². The van der Waals surface area contributed by atoms with Gasteiger partial charge in [-0.3, -0.25) is 10.1 Å². The van der Waals surface area contributed by atoms with E-state index in [-0.39, 0.29) is 22.4 Å². The Balaban J connectivity index is 1.55. The molecule has 1 saturated heterocycles. The molecule has 1 aliphatic rings. The zero-order chi connectivity index (χ0) is 21.5. The number of thioether (sulfide) groups is 1. The molecule has 1 fully saturated rings. The summed E-state index contributed by atoms with van der Waals surface area (Å²) < 4.78 is 36.0. The van der Waals surface area contributed by atoms with Crippen molar-refractivity contribution in [3.8, 4) is 5.75 Å². The molecule has 7 nitrogen and oxygen atoms in total. The highest BCUT2D eigenvalue weighted by molar-refractivity contribution is 8.18. The second-order valence-electron chi connectivity index (χ2n) is 5.84. The summed E-state index contributed by atoms with van der Waals surface area (Å²) in [5.41, 5.74) is 1.56. The van der Waals surface area contributed by atoms with E-state index in [1.807, 2.05) is 0 Å². The van der Waals surface area contributed by atoms with Gasteiger partial charge in [0.2, 0.25) is 0 Å². The van der Waals surface area contributed by atoms with Crippen molar-refractivity contribution in [1.29, 1.82) is 0 Å². The molecule has 0 aromatic heterocycles. The quantitative estimate of drug-likeness (QED) is 0.329. The van der Waals surface area contributed by atoms with Crippen molar-refractivity contribution in [2.24, 2.45) is 10.2 Å². The molecule has 0 atom stereocenters. The van der Waals surface area contributed by atoms with Crippen LogP contribution in [0.5, 0.6) is 5.75 Å². The Kier molecular flexibility index (Phi) is 6.91. The lowest BCUT2D eigenvalue weighted by molar-refractivity contribution is -0.135. The summed E-state index contributed by atoms with van der Waals surface area (Å²) in [4.78, 5) is 23.1. The van der Waals surface area contributed by atoms with Crippen molar-refractivity contribution in [3.05, 3.63) is 76.2 Å². The van der Waals surface area contributed by atoms with Crippen LogP contribution in [0.4, 0.5) is 8.78 Å². The van der Waals surface area contributed by atoms with Gasteiger partial charge in [-0.1, -0.05) is 24.3 Å². The number of halogens is 2. The van der Waals surface area contributed by atoms with E-state index in [0.717, 1.165) is 41.1 Å². The lowest BCUT2D eigenvalue weighted by atomic mass is 10.1. The summed E-state index contributed by atoms with van der Waals surface area (Å²) in [7, 11) is 1.22. The molecule has 1 amide bonds. The molecule has 1 aliphatic heterocycles. The molecule has 0 radical (unpaired) electrons. The lowest BCUT2D eigenvalue weighted by Crippen LogP contribution is -2.19. The van der Waals surface area contributed by atoms with Crippen LogP contribution in [0.25, 0.3) is 0 Å². The monoisotopic (exact) mass is 431 g/mol. The number of esters is 1. The summed E-state index contributed by atoms with van der Waals surface area (Å²) in [5, 5.41) is 10.5. The van der Waals surface area contributed by atoms with Gasteiger partial charge in [-0.2, -0.15) is 5.10 Å². The van der Waals surface area contributed by atoms with E-state index >= 15 is 0 Å². The summed E-state index contributed by atoms with van der Waals surface area (Å²) in [6, 6.07) is 10.5. The minimum atomic E-state index is -0.967. The van der Waals surface area contributed by atoms with Crippen LogP contribution in [-0.4, -0.2) is 30.4 Å². The fraction of sp³-hybridized carbons (Fsp3) is 0.100. The van der Waals surface area contributed by atoms with Gasteiger partial charge in [0.25, 0.3) is 5.91 Å². The highest BCUT2D eigenvalue weighted by atomic mass is 32.2. The van der Waals surface area contributed by atoms with Crippen LogP contribution < -0.4 is 10.1 Å². The van der Waals surface area contributed by atoms with E-state index in [2.05, 4.69) is 20.3 Å². The van der Waals surface area contributed by atoms with Crippen molar-refractivity contribution in [3.63, 3.8) is 0 Å². The molecule has 0 aliphatic carbocycles. The van der Waals surface area contributed by atoms with Gasteiger partial charge in [0, 0.05) is 12.1 Å². The molecule has 2 aromatic rings.